The number of rotatable bonds is 12. The van der Waals surface area contributed by atoms with E-state index in [0.717, 1.165) is 55.6 Å². The smallest absolute Gasteiger partial charge is 0.338 e. The van der Waals surface area contributed by atoms with Crippen LogP contribution >= 0.6 is 23.2 Å². The molecule has 3 saturated heterocycles. The molecule has 4 aromatic rings. The molecule has 4 heterocycles. The summed E-state index contributed by atoms with van der Waals surface area (Å²) in [6, 6.07) is 20.4. The average molecular weight is 747 g/mol. The molecule has 3 atom stereocenters. The van der Waals surface area contributed by atoms with Crippen molar-refractivity contribution in [2.24, 2.45) is 5.92 Å². The highest BCUT2D eigenvalue weighted by molar-refractivity contribution is 6.35. The Morgan fingerprint density at radius 1 is 0.981 bits per heavy atom. The maximum Gasteiger partial charge on any atom is 0.338 e. The summed E-state index contributed by atoms with van der Waals surface area (Å²) in [6.45, 7) is 3.33. The third kappa shape index (κ3) is 7.30. The quantitative estimate of drug-likeness (QED) is 0.101. The molecule has 0 amide bonds. The largest absolute Gasteiger partial charge is 0.619 e. The van der Waals surface area contributed by atoms with Gasteiger partial charge in [0.1, 0.15) is 27.8 Å². The number of nitrogens with zero attached hydrogens (tertiary/aromatic N) is 2. The van der Waals surface area contributed by atoms with E-state index in [1.165, 1.54) is 26.6 Å². The van der Waals surface area contributed by atoms with Crippen LogP contribution in [0.4, 0.5) is 0 Å². The lowest BCUT2D eigenvalue weighted by Gasteiger charge is -2.45. The van der Waals surface area contributed by atoms with Crippen molar-refractivity contribution in [2.45, 2.75) is 56.4 Å². The molecule has 1 aliphatic carbocycles. The van der Waals surface area contributed by atoms with Crippen molar-refractivity contribution >= 4 is 35.1 Å². The van der Waals surface area contributed by atoms with Crippen LogP contribution in [-0.2, 0) is 39.2 Å². The molecule has 0 spiro atoms. The van der Waals surface area contributed by atoms with Crippen LogP contribution in [0.3, 0.4) is 0 Å². The van der Waals surface area contributed by atoms with Crippen LogP contribution in [-0.4, -0.2) is 56.8 Å². The van der Waals surface area contributed by atoms with Gasteiger partial charge in [0.25, 0.3) is 0 Å². The molecule has 3 aromatic carbocycles. The van der Waals surface area contributed by atoms with Gasteiger partial charge < -0.3 is 24.2 Å². The zero-order chi connectivity index (χ0) is 36.4. The van der Waals surface area contributed by atoms with Gasteiger partial charge in [-0.25, -0.2) is 9.59 Å². The van der Waals surface area contributed by atoms with E-state index in [0.29, 0.717) is 51.8 Å². The average Bonchev–Trinajstić information content (AvgIpc) is 3.55. The Kier molecular flexibility index (Phi) is 10.6. The molecule has 1 aromatic heterocycles. The number of aromatic nitrogens is 1. The van der Waals surface area contributed by atoms with Crippen molar-refractivity contribution < 1.29 is 33.3 Å². The van der Waals surface area contributed by atoms with Gasteiger partial charge in [-0.2, -0.15) is 4.73 Å². The zero-order valence-electron chi connectivity index (χ0n) is 29.1. The van der Waals surface area contributed by atoms with Crippen molar-refractivity contribution in [3.63, 3.8) is 0 Å². The molecule has 4 aliphatic rings. The number of hydrogen-bond acceptors (Lipinski definition) is 9. The van der Waals surface area contributed by atoms with E-state index < -0.39 is 17.6 Å². The Morgan fingerprint density at radius 2 is 1.69 bits per heavy atom. The van der Waals surface area contributed by atoms with Crippen LogP contribution in [0.15, 0.2) is 79.1 Å². The van der Waals surface area contributed by atoms with Gasteiger partial charge in [0.15, 0.2) is 23.9 Å². The highest BCUT2D eigenvalue weighted by Crippen LogP contribution is 2.40. The fourth-order valence-electron chi connectivity index (χ4n) is 7.76. The molecule has 12 heteroatoms. The Hall–Kier alpha value is -4.35. The Morgan fingerprint density at radius 3 is 2.37 bits per heavy atom. The minimum atomic E-state index is -0.960. The molecule has 272 valence electrons. The number of aryl methyl sites for hydroxylation is 1. The predicted molar refractivity (Wildman–Crippen MR) is 196 cm³/mol. The third-order valence-corrected chi connectivity index (χ3v) is 11.4. The standard InChI is InChI=1S/C40H41Cl2N3O7/c1-49-34-12-11-29(19-36(34)50-2)35(20-30-32(41)22-45(48)23-33(30)42)51-38(46)28-9-7-25(8-10-28)21-43-40(16-13-26-5-3-4-6-31(26)40)39(47)52-37-24-44-17-14-27(37)15-18-44/h3-12,19,22-23,27,35,37,43H,13-18,20-21,24H2,1-2H3/t35-,37-,40?/m0/s1. The first kappa shape index (κ1) is 36.0. The first-order valence-electron chi connectivity index (χ1n) is 17.5. The van der Waals surface area contributed by atoms with Gasteiger partial charge in [0.05, 0.1) is 19.8 Å². The van der Waals surface area contributed by atoms with Crippen LogP contribution in [0.1, 0.15) is 63.5 Å². The highest BCUT2D eigenvalue weighted by atomic mass is 35.5. The number of piperidine rings is 3. The molecule has 1 N–H and O–H groups in total. The highest BCUT2D eigenvalue weighted by Gasteiger charge is 2.48. The second-order valence-electron chi connectivity index (χ2n) is 13.7. The van der Waals surface area contributed by atoms with Gasteiger partial charge in [-0.05, 0) is 91.2 Å². The minimum Gasteiger partial charge on any atom is -0.619 e. The van der Waals surface area contributed by atoms with E-state index >= 15 is 0 Å². The van der Waals surface area contributed by atoms with E-state index in [4.69, 9.17) is 42.1 Å². The summed E-state index contributed by atoms with van der Waals surface area (Å²) >= 11 is 12.8. The zero-order valence-corrected chi connectivity index (χ0v) is 30.6. The number of halogens is 2. The first-order chi connectivity index (χ1) is 25.2. The molecule has 2 bridgehead atoms. The van der Waals surface area contributed by atoms with Gasteiger partial charge in [-0.3, -0.25) is 10.2 Å². The maximum atomic E-state index is 14.1. The van der Waals surface area contributed by atoms with Crippen molar-refractivity contribution in [2.75, 3.05) is 33.9 Å². The summed E-state index contributed by atoms with van der Waals surface area (Å²) in [7, 11) is 3.05. The Bertz CT molecular complexity index is 1930. The van der Waals surface area contributed by atoms with E-state index in [9.17, 15) is 14.8 Å². The first-order valence-corrected chi connectivity index (χ1v) is 18.3. The van der Waals surface area contributed by atoms with Crippen LogP contribution in [0.25, 0.3) is 0 Å². The Labute approximate surface area is 313 Å². The third-order valence-electron chi connectivity index (χ3n) is 10.7. The molecule has 52 heavy (non-hydrogen) atoms. The molecule has 0 radical (unpaired) electrons. The minimum absolute atomic E-state index is 0.0912. The number of methoxy groups -OCH3 is 2. The normalized spacial score (nSPS) is 22.3. The molecule has 0 saturated carbocycles. The summed E-state index contributed by atoms with van der Waals surface area (Å²) < 4.78 is 23.8. The van der Waals surface area contributed by atoms with Crippen LogP contribution in [0.5, 0.6) is 11.5 Å². The second-order valence-corrected chi connectivity index (χ2v) is 14.5. The lowest BCUT2D eigenvalue weighted by atomic mass is 9.85. The maximum absolute atomic E-state index is 14.1. The number of esters is 2. The summed E-state index contributed by atoms with van der Waals surface area (Å²) in [5.41, 5.74) is 3.45. The number of pyridine rings is 1. The summed E-state index contributed by atoms with van der Waals surface area (Å²) in [5.74, 6) is 0.590. The number of fused-ring (bicyclic) bond motifs is 4. The number of nitrogens with one attached hydrogen (secondary N) is 1. The molecule has 3 aliphatic heterocycles. The summed E-state index contributed by atoms with van der Waals surface area (Å²) in [6.07, 6.45) is 5.09. The fourth-order valence-corrected chi connectivity index (χ4v) is 8.36. The number of carbonyl (C=O) groups is 2. The van der Waals surface area contributed by atoms with Gasteiger partial charge in [0.2, 0.25) is 0 Å². The lowest BCUT2D eigenvalue weighted by Crippen LogP contribution is -2.55. The fraction of sp³-hybridized carbons (Fsp3) is 0.375. The Balaban J connectivity index is 1.08. The van der Waals surface area contributed by atoms with E-state index in [-0.39, 0.29) is 28.5 Å². The lowest BCUT2D eigenvalue weighted by molar-refractivity contribution is -0.605. The predicted octanol–water partition coefficient (Wildman–Crippen LogP) is 6.35. The number of ether oxygens (including phenoxy) is 4. The van der Waals surface area contributed by atoms with Gasteiger partial charge in [-0.15, -0.1) is 0 Å². The molecule has 8 rings (SSSR count). The topological polar surface area (TPSA) is 113 Å². The summed E-state index contributed by atoms with van der Waals surface area (Å²) in [5, 5.41) is 15.8. The van der Waals surface area contributed by atoms with E-state index in [1.807, 2.05) is 30.3 Å². The molecular weight excluding hydrogens is 705 g/mol. The molecule has 1 unspecified atom stereocenters. The van der Waals surface area contributed by atoms with Crippen molar-refractivity contribution in [3.8, 4) is 11.5 Å². The van der Waals surface area contributed by atoms with Crippen molar-refractivity contribution in [1.82, 2.24) is 10.2 Å². The second kappa shape index (κ2) is 15.3. The van der Waals surface area contributed by atoms with Gasteiger partial charge in [0, 0.05) is 25.1 Å². The van der Waals surface area contributed by atoms with Crippen LogP contribution in [0, 0.1) is 11.1 Å². The number of hydrogen-bond donors (Lipinski definition) is 1. The van der Waals surface area contributed by atoms with Gasteiger partial charge in [-0.1, -0.05) is 65.7 Å². The van der Waals surface area contributed by atoms with E-state index in [1.54, 1.807) is 30.3 Å². The van der Waals surface area contributed by atoms with Crippen molar-refractivity contribution in [3.05, 3.63) is 128 Å². The van der Waals surface area contributed by atoms with Crippen LogP contribution < -0.4 is 19.5 Å². The molecule has 3 fully saturated rings. The molecular formula is C40H41Cl2N3O7. The SMILES string of the molecule is COc1ccc([C@H](Cc2c(Cl)c[n+]([O-])cc2Cl)OC(=O)c2ccc(CNC3(C(=O)O[C@H]4CN5CCC4CC5)CCc4ccccc43)cc2)cc1OC. The van der Waals surface area contributed by atoms with Crippen LogP contribution in [0.2, 0.25) is 10.0 Å². The number of carbonyl (C=O) groups excluding carboxylic acids is 2. The van der Waals surface area contributed by atoms with Crippen molar-refractivity contribution in [1.29, 1.82) is 0 Å². The van der Waals surface area contributed by atoms with E-state index in [2.05, 4.69) is 16.3 Å². The monoisotopic (exact) mass is 745 g/mol. The molecule has 10 nitrogen and oxygen atoms in total. The summed E-state index contributed by atoms with van der Waals surface area (Å²) in [4.78, 5) is 30.1. The number of benzene rings is 3. The van der Waals surface area contributed by atoms with Gasteiger partial charge >= 0.3 is 11.9 Å².